The van der Waals surface area contributed by atoms with Crippen LogP contribution < -0.4 is 14.8 Å². The van der Waals surface area contributed by atoms with Crippen LogP contribution in [0.4, 0.5) is 14.9 Å². The molecule has 32 heavy (non-hydrogen) atoms. The van der Waals surface area contributed by atoms with Gasteiger partial charge in [0.05, 0.1) is 13.4 Å². The average molecular weight is 464 g/mol. The zero-order valence-corrected chi connectivity index (χ0v) is 17.9. The molecule has 10 nitrogen and oxygen atoms in total. The second-order valence-corrected chi connectivity index (χ2v) is 8.42. The third kappa shape index (κ3) is 4.25. The number of sulfonamides is 1. The molecule has 1 aromatic heterocycles. The number of primary amides is 1. The molecule has 0 unspecified atom stereocenters. The lowest BCUT2D eigenvalue weighted by Gasteiger charge is -2.20. The highest BCUT2D eigenvalue weighted by Crippen LogP contribution is 2.41. The predicted molar refractivity (Wildman–Crippen MR) is 111 cm³/mol. The molecular formula is C20H17FN2O8S. The lowest BCUT2D eigenvalue weighted by molar-refractivity contribution is -0.115. The van der Waals surface area contributed by atoms with Gasteiger partial charge in [-0.1, -0.05) is 0 Å². The topological polar surface area (TPSA) is 146 Å². The number of ether oxygens (including phenoxy) is 2. The molecule has 0 spiro atoms. The molecule has 168 valence electrons. The number of anilines is 1. The van der Waals surface area contributed by atoms with E-state index in [1.165, 1.54) is 31.4 Å². The minimum absolute atomic E-state index is 0.0357. The van der Waals surface area contributed by atoms with Crippen molar-refractivity contribution in [2.45, 2.75) is 6.92 Å². The lowest BCUT2D eigenvalue weighted by atomic mass is 10.0. The van der Waals surface area contributed by atoms with E-state index in [1.54, 1.807) is 0 Å². The summed E-state index contributed by atoms with van der Waals surface area (Å²) in [5, 5.41) is 0.0770. The molecule has 1 heterocycles. The molecule has 2 N–H and O–H groups in total. The number of hydrogen-bond donors (Lipinski definition) is 1. The van der Waals surface area contributed by atoms with Crippen LogP contribution in [-0.2, 0) is 19.6 Å². The minimum Gasteiger partial charge on any atom is -0.495 e. The van der Waals surface area contributed by atoms with Crippen molar-refractivity contribution in [1.29, 1.82) is 0 Å². The highest BCUT2D eigenvalue weighted by Gasteiger charge is 2.30. The van der Waals surface area contributed by atoms with Crippen LogP contribution in [0.25, 0.3) is 22.3 Å². The van der Waals surface area contributed by atoms with E-state index in [-0.39, 0.29) is 39.3 Å². The van der Waals surface area contributed by atoms with Gasteiger partial charge < -0.3 is 19.6 Å². The summed E-state index contributed by atoms with van der Waals surface area (Å²) >= 11 is 0. The van der Waals surface area contributed by atoms with E-state index in [0.717, 1.165) is 25.3 Å². The maximum atomic E-state index is 13.4. The SMILES string of the molecule is COc1cc2c(C(=O)OC(N)=O)c(-c3ccc(F)cc3)oc2cc1N(C(C)=O)S(C)(=O)=O. The molecule has 2 aromatic carbocycles. The van der Waals surface area contributed by atoms with Crippen LogP contribution in [0.2, 0.25) is 0 Å². The van der Waals surface area contributed by atoms with Gasteiger partial charge in [-0.15, -0.1) is 0 Å². The quantitative estimate of drug-likeness (QED) is 0.448. The number of hydrogen-bond acceptors (Lipinski definition) is 8. The minimum atomic E-state index is -4.04. The number of nitrogens with zero attached hydrogens (tertiary/aromatic N) is 1. The number of fused-ring (bicyclic) bond motifs is 1. The largest absolute Gasteiger partial charge is 0.495 e. The molecule has 0 fully saturated rings. The summed E-state index contributed by atoms with van der Waals surface area (Å²) in [6.07, 6.45) is -0.530. The number of esters is 1. The Bertz CT molecular complexity index is 1350. The number of rotatable bonds is 5. The smallest absolute Gasteiger partial charge is 0.412 e. The molecule has 12 heteroatoms. The van der Waals surface area contributed by atoms with Gasteiger partial charge in [-0.2, -0.15) is 0 Å². The molecular weight excluding hydrogens is 447 g/mol. The summed E-state index contributed by atoms with van der Waals surface area (Å²) in [5.74, 6) is -2.70. The lowest BCUT2D eigenvalue weighted by Crippen LogP contribution is -2.34. The predicted octanol–water partition coefficient (Wildman–Crippen LogP) is 2.80. The van der Waals surface area contributed by atoms with Gasteiger partial charge >= 0.3 is 12.1 Å². The molecule has 3 rings (SSSR count). The maximum absolute atomic E-state index is 13.4. The molecule has 0 radical (unpaired) electrons. The third-order valence-corrected chi connectivity index (χ3v) is 5.45. The zero-order chi connectivity index (χ0) is 23.8. The first-order valence-corrected chi connectivity index (χ1v) is 10.7. The number of benzene rings is 2. The van der Waals surface area contributed by atoms with Gasteiger partial charge in [-0.25, -0.2) is 26.7 Å². The van der Waals surface area contributed by atoms with Crippen LogP contribution in [0.1, 0.15) is 17.3 Å². The number of halogens is 1. The number of carbonyl (C=O) groups is 3. The van der Waals surface area contributed by atoms with E-state index in [4.69, 9.17) is 14.9 Å². The van der Waals surface area contributed by atoms with Gasteiger partial charge in [0.15, 0.2) is 0 Å². The van der Waals surface area contributed by atoms with Gasteiger partial charge in [0.1, 0.15) is 34.2 Å². The number of amides is 2. The number of carbonyl (C=O) groups excluding carboxylic acids is 3. The van der Waals surface area contributed by atoms with Crippen molar-refractivity contribution in [3.05, 3.63) is 47.8 Å². The fourth-order valence-corrected chi connectivity index (χ4v) is 4.13. The van der Waals surface area contributed by atoms with Gasteiger partial charge in [0.25, 0.3) is 0 Å². The standard InChI is InChI=1S/C20H17FN2O8S/c1-10(24)23(32(3,27)28)14-9-15-13(8-16(14)29-2)17(19(25)31-20(22)26)18(30-15)11-4-6-12(21)7-5-11/h4-9H,1-3H3,(H2,22,26). The Morgan fingerprint density at radius 2 is 1.75 bits per heavy atom. The van der Waals surface area contributed by atoms with E-state index in [1.807, 2.05) is 0 Å². The van der Waals surface area contributed by atoms with Crippen LogP contribution in [0.3, 0.4) is 0 Å². The van der Waals surface area contributed by atoms with Crippen molar-refractivity contribution >= 4 is 44.6 Å². The van der Waals surface area contributed by atoms with E-state index in [9.17, 15) is 27.2 Å². The van der Waals surface area contributed by atoms with E-state index in [0.29, 0.717) is 4.31 Å². The maximum Gasteiger partial charge on any atom is 0.412 e. The summed E-state index contributed by atoms with van der Waals surface area (Å²) < 4.78 is 53.7. The Hall–Kier alpha value is -3.93. The summed E-state index contributed by atoms with van der Waals surface area (Å²) in [6.45, 7) is 1.05. The molecule has 0 atom stereocenters. The van der Waals surface area contributed by atoms with Gasteiger partial charge in [-0.3, -0.25) is 4.79 Å². The van der Waals surface area contributed by atoms with Crippen molar-refractivity contribution in [2.75, 3.05) is 17.7 Å². The van der Waals surface area contributed by atoms with Gasteiger partial charge in [0, 0.05) is 23.9 Å². The normalized spacial score (nSPS) is 11.2. The van der Waals surface area contributed by atoms with Crippen LogP contribution in [0.15, 0.2) is 40.8 Å². The second kappa shape index (κ2) is 8.30. The van der Waals surface area contributed by atoms with Crippen molar-refractivity contribution in [2.24, 2.45) is 5.73 Å². The summed E-state index contributed by atoms with van der Waals surface area (Å²) in [5.41, 5.74) is 4.78. The monoisotopic (exact) mass is 464 g/mol. The summed E-state index contributed by atoms with van der Waals surface area (Å²) in [4.78, 5) is 35.8. The number of furan rings is 1. The Morgan fingerprint density at radius 1 is 1.12 bits per heavy atom. The van der Waals surface area contributed by atoms with Crippen LogP contribution in [0, 0.1) is 5.82 Å². The number of methoxy groups -OCH3 is 1. The molecule has 0 saturated heterocycles. The van der Waals surface area contributed by atoms with Gasteiger partial charge in [-0.05, 0) is 30.3 Å². The number of nitrogens with two attached hydrogens (primary N) is 1. The van der Waals surface area contributed by atoms with E-state index >= 15 is 0 Å². The first-order valence-electron chi connectivity index (χ1n) is 8.87. The molecule has 0 bridgehead atoms. The highest BCUT2D eigenvalue weighted by molar-refractivity contribution is 7.92. The molecule has 2 amide bonds. The third-order valence-electron chi connectivity index (χ3n) is 4.33. The molecule has 0 aliphatic rings. The second-order valence-electron chi connectivity index (χ2n) is 6.59. The molecule has 0 aliphatic carbocycles. The van der Waals surface area contributed by atoms with E-state index < -0.39 is 33.8 Å². The summed E-state index contributed by atoms with van der Waals surface area (Å²) in [6, 6.07) is 7.33. The molecule has 3 aromatic rings. The Kier molecular flexibility index (Phi) is 5.90. The fourth-order valence-electron chi connectivity index (χ4n) is 3.17. The Balaban J connectivity index is 2.37. The fraction of sp³-hybridized carbons (Fsp3) is 0.150. The molecule has 0 aliphatic heterocycles. The Labute approximate surface area is 181 Å². The summed E-state index contributed by atoms with van der Waals surface area (Å²) in [7, 11) is -2.81. The average Bonchev–Trinajstić information content (AvgIpc) is 3.04. The van der Waals surface area contributed by atoms with E-state index in [2.05, 4.69) is 4.74 Å². The van der Waals surface area contributed by atoms with Crippen LogP contribution in [0.5, 0.6) is 5.75 Å². The first-order chi connectivity index (χ1) is 14.9. The van der Waals surface area contributed by atoms with Crippen molar-refractivity contribution in [1.82, 2.24) is 0 Å². The highest BCUT2D eigenvalue weighted by atomic mass is 32.2. The Morgan fingerprint density at radius 3 is 2.25 bits per heavy atom. The van der Waals surface area contributed by atoms with Crippen molar-refractivity contribution in [3.8, 4) is 17.1 Å². The van der Waals surface area contributed by atoms with Crippen LogP contribution in [-0.4, -0.2) is 39.8 Å². The van der Waals surface area contributed by atoms with Gasteiger partial charge in [0.2, 0.25) is 15.9 Å². The zero-order valence-electron chi connectivity index (χ0n) is 17.0. The first kappa shape index (κ1) is 22.7. The molecule has 0 saturated carbocycles. The van der Waals surface area contributed by atoms with Crippen LogP contribution >= 0.6 is 0 Å². The van der Waals surface area contributed by atoms with Crippen molar-refractivity contribution < 1.29 is 41.1 Å². The van der Waals surface area contributed by atoms with Crippen molar-refractivity contribution in [3.63, 3.8) is 0 Å².